The Kier molecular flexibility index (Phi) is 9.55. The molecular weight excluding hydrogens is 480 g/mol. The van der Waals surface area contributed by atoms with Crippen molar-refractivity contribution in [1.82, 2.24) is 4.90 Å². The molecule has 2 aromatic carbocycles. The Hall–Kier alpha value is -3.24. The van der Waals surface area contributed by atoms with E-state index < -0.39 is 69.3 Å². The van der Waals surface area contributed by atoms with E-state index in [1.54, 1.807) is 6.92 Å². The van der Waals surface area contributed by atoms with Crippen LogP contribution >= 0.6 is 0 Å². The van der Waals surface area contributed by atoms with Crippen molar-refractivity contribution in [2.45, 2.75) is 39.5 Å². The highest BCUT2D eigenvalue weighted by Gasteiger charge is 2.34. The number of unbranched alkanes of at least 4 members (excludes halogenated alkanes) is 1. The fourth-order valence-corrected chi connectivity index (χ4v) is 3.56. The fourth-order valence-electron chi connectivity index (χ4n) is 3.56. The van der Waals surface area contributed by atoms with Crippen LogP contribution in [0.1, 0.15) is 60.2 Å². The first kappa shape index (κ1) is 28.0. The number of amides is 2. The van der Waals surface area contributed by atoms with E-state index in [-0.39, 0.29) is 24.6 Å². The Morgan fingerprint density at radius 3 is 1.57 bits per heavy atom. The summed E-state index contributed by atoms with van der Waals surface area (Å²) in [4.78, 5) is 26.9. The topological polar surface area (TPSA) is 55.8 Å². The van der Waals surface area contributed by atoms with Crippen LogP contribution in [0.4, 0.5) is 26.3 Å². The molecular formula is C24H25F6NO4. The average molecular weight is 505 g/mol. The second-order valence-electron chi connectivity index (χ2n) is 7.77. The number of ether oxygens (including phenoxy) is 2. The first-order valence-corrected chi connectivity index (χ1v) is 10.8. The minimum atomic E-state index is -1.69. The molecule has 2 rings (SSSR count). The Bertz CT molecular complexity index is 1030. The van der Waals surface area contributed by atoms with Crippen LogP contribution in [0.2, 0.25) is 0 Å². The van der Waals surface area contributed by atoms with Crippen LogP contribution in [0, 0.1) is 40.8 Å². The van der Waals surface area contributed by atoms with E-state index in [1.807, 2.05) is 6.92 Å². The fraction of sp³-hybridized carbons (Fsp3) is 0.417. The number of imide groups is 1. The molecule has 0 spiro atoms. The van der Waals surface area contributed by atoms with Gasteiger partial charge < -0.3 is 9.47 Å². The molecule has 0 N–H and O–H groups in total. The third kappa shape index (κ3) is 5.71. The summed E-state index contributed by atoms with van der Waals surface area (Å²) in [6.07, 6.45) is 2.46. The number of methoxy groups -OCH3 is 2. The highest BCUT2D eigenvalue weighted by atomic mass is 19.2. The van der Waals surface area contributed by atoms with Crippen LogP contribution in [-0.4, -0.2) is 37.5 Å². The van der Waals surface area contributed by atoms with Crippen molar-refractivity contribution in [1.29, 1.82) is 0 Å². The number of rotatable bonds is 10. The Balaban J connectivity index is 2.67. The van der Waals surface area contributed by atoms with Crippen LogP contribution < -0.4 is 9.47 Å². The summed E-state index contributed by atoms with van der Waals surface area (Å²) in [6.45, 7) is 3.29. The van der Waals surface area contributed by atoms with Gasteiger partial charge in [-0.1, -0.05) is 33.1 Å². The molecule has 0 saturated heterocycles. The predicted molar refractivity (Wildman–Crippen MR) is 114 cm³/mol. The summed E-state index contributed by atoms with van der Waals surface area (Å²) in [5.74, 6) is -15.4. The molecule has 5 nitrogen and oxygen atoms in total. The molecule has 2 aromatic rings. The monoisotopic (exact) mass is 505 g/mol. The molecule has 0 fully saturated rings. The normalized spacial score (nSPS) is 11.8. The zero-order valence-electron chi connectivity index (χ0n) is 19.6. The van der Waals surface area contributed by atoms with E-state index in [0.29, 0.717) is 24.2 Å². The molecule has 0 aliphatic carbocycles. The van der Waals surface area contributed by atoms with Crippen molar-refractivity contribution in [3.05, 3.63) is 58.2 Å². The van der Waals surface area contributed by atoms with E-state index in [0.717, 1.165) is 20.6 Å². The van der Waals surface area contributed by atoms with E-state index in [9.17, 15) is 35.9 Å². The van der Waals surface area contributed by atoms with Gasteiger partial charge in [0.15, 0.2) is 34.8 Å². The Morgan fingerprint density at radius 2 is 1.23 bits per heavy atom. The summed E-state index contributed by atoms with van der Waals surface area (Å²) in [5, 5.41) is 0. The maximum Gasteiger partial charge on any atom is 0.263 e. The zero-order valence-corrected chi connectivity index (χ0v) is 19.6. The van der Waals surface area contributed by atoms with Gasteiger partial charge >= 0.3 is 0 Å². The van der Waals surface area contributed by atoms with Gasteiger partial charge in [-0.05, 0) is 24.5 Å². The molecule has 0 radical (unpaired) electrons. The zero-order chi connectivity index (χ0) is 26.4. The first-order valence-electron chi connectivity index (χ1n) is 10.8. The van der Waals surface area contributed by atoms with Gasteiger partial charge in [0.2, 0.25) is 11.6 Å². The smallest absolute Gasteiger partial charge is 0.263 e. The van der Waals surface area contributed by atoms with Crippen molar-refractivity contribution in [2.75, 3.05) is 20.8 Å². The van der Waals surface area contributed by atoms with Crippen molar-refractivity contribution in [3.8, 4) is 11.5 Å². The first-order chi connectivity index (χ1) is 16.5. The molecule has 11 heteroatoms. The molecule has 0 aliphatic rings. The second kappa shape index (κ2) is 11.9. The van der Waals surface area contributed by atoms with Crippen LogP contribution in [0.25, 0.3) is 0 Å². The van der Waals surface area contributed by atoms with Crippen molar-refractivity contribution in [2.24, 2.45) is 5.92 Å². The lowest BCUT2D eigenvalue weighted by atomic mass is 9.97. The largest absolute Gasteiger partial charge is 0.491 e. The molecule has 35 heavy (non-hydrogen) atoms. The van der Waals surface area contributed by atoms with Gasteiger partial charge in [0.05, 0.1) is 25.3 Å². The summed E-state index contributed by atoms with van der Waals surface area (Å²) >= 11 is 0. The molecule has 1 atom stereocenters. The lowest BCUT2D eigenvalue weighted by Gasteiger charge is -2.27. The van der Waals surface area contributed by atoms with Crippen LogP contribution in [0.5, 0.6) is 11.5 Å². The molecule has 192 valence electrons. The number of benzene rings is 2. The Labute approximate surface area is 198 Å². The number of nitrogens with zero attached hydrogens (tertiary/aromatic N) is 1. The number of carbonyl (C=O) groups excluding carboxylic acids is 2. The molecule has 0 heterocycles. The Morgan fingerprint density at radius 1 is 0.800 bits per heavy atom. The second-order valence-corrected chi connectivity index (χ2v) is 7.77. The minimum Gasteiger partial charge on any atom is -0.491 e. The lowest BCUT2D eigenvalue weighted by Crippen LogP contribution is -2.41. The van der Waals surface area contributed by atoms with E-state index >= 15 is 0 Å². The van der Waals surface area contributed by atoms with Gasteiger partial charge in [-0.3, -0.25) is 14.5 Å². The molecule has 0 saturated carbocycles. The maximum atomic E-state index is 14.8. The minimum absolute atomic E-state index is 0.241. The third-order valence-corrected chi connectivity index (χ3v) is 5.58. The van der Waals surface area contributed by atoms with E-state index in [2.05, 4.69) is 9.47 Å². The van der Waals surface area contributed by atoms with E-state index in [1.165, 1.54) is 0 Å². The summed E-state index contributed by atoms with van der Waals surface area (Å²) in [7, 11) is 1.69. The van der Waals surface area contributed by atoms with Crippen molar-refractivity contribution in [3.63, 3.8) is 0 Å². The van der Waals surface area contributed by atoms with Gasteiger partial charge in [-0.2, -0.15) is 8.78 Å². The third-order valence-electron chi connectivity index (χ3n) is 5.58. The van der Waals surface area contributed by atoms with Crippen LogP contribution in [0.3, 0.4) is 0 Å². The number of hydrogen-bond donors (Lipinski definition) is 0. The van der Waals surface area contributed by atoms with Crippen molar-refractivity contribution < 1.29 is 45.4 Å². The highest BCUT2D eigenvalue weighted by molar-refractivity contribution is 6.10. The molecule has 2 amide bonds. The number of halogens is 6. The maximum absolute atomic E-state index is 14.8. The summed E-state index contributed by atoms with van der Waals surface area (Å²) in [6, 6.07) is 0.482. The van der Waals surface area contributed by atoms with Gasteiger partial charge in [0, 0.05) is 6.54 Å². The highest BCUT2D eigenvalue weighted by Crippen LogP contribution is 2.31. The van der Waals surface area contributed by atoms with Gasteiger partial charge in [0.1, 0.15) is 0 Å². The molecule has 1 unspecified atom stereocenters. The standard InChI is InChI=1S/C24H25F6NO4/c1-5-7-8-12(6-2)11-31(23(32)13-9-15(25)19(29)21(34-3)17(13)27)24(33)14-10-16(26)20(30)22(35-4)18(14)28/h9-10,12H,5-8,11H2,1-4H3. The van der Waals surface area contributed by atoms with Crippen LogP contribution in [0.15, 0.2) is 12.1 Å². The van der Waals surface area contributed by atoms with Crippen molar-refractivity contribution >= 4 is 11.8 Å². The molecule has 0 aromatic heterocycles. The van der Waals surface area contributed by atoms with Gasteiger partial charge in [-0.15, -0.1) is 0 Å². The SMILES string of the molecule is CCCCC(CC)CN(C(=O)c1cc(F)c(F)c(OC)c1F)C(=O)c1cc(F)c(F)c(OC)c1F. The average Bonchev–Trinajstić information content (AvgIpc) is 2.84. The van der Waals surface area contributed by atoms with Gasteiger partial charge in [0.25, 0.3) is 11.8 Å². The summed E-state index contributed by atoms with van der Waals surface area (Å²) < 4.78 is 94.5. The van der Waals surface area contributed by atoms with Crippen LogP contribution in [-0.2, 0) is 0 Å². The molecule has 0 bridgehead atoms. The van der Waals surface area contributed by atoms with Gasteiger partial charge in [-0.25, -0.2) is 17.6 Å². The predicted octanol–water partition coefficient (Wildman–Crippen LogP) is 6.04. The summed E-state index contributed by atoms with van der Waals surface area (Å²) in [5.41, 5.74) is -2.12. The lowest BCUT2D eigenvalue weighted by molar-refractivity contribution is 0.0578. The molecule has 0 aliphatic heterocycles. The quantitative estimate of drug-likeness (QED) is 0.225. The van der Waals surface area contributed by atoms with E-state index in [4.69, 9.17) is 0 Å². The number of carbonyl (C=O) groups is 2. The number of hydrogen-bond acceptors (Lipinski definition) is 4.